The van der Waals surface area contributed by atoms with Crippen LogP contribution in [0.3, 0.4) is 0 Å². The zero-order valence-electron chi connectivity index (χ0n) is 14.1. The van der Waals surface area contributed by atoms with Crippen LogP contribution in [-0.4, -0.2) is 25.5 Å². The molecule has 2 aromatic carbocycles. The van der Waals surface area contributed by atoms with Gasteiger partial charge in [0.15, 0.2) is 0 Å². The molecule has 132 valence electrons. The van der Waals surface area contributed by atoms with Gasteiger partial charge in [-0.1, -0.05) is 12.1 Å². The number of rotatable bonds is 6. The van der Waals surface area contributed by atoms with Crippen molar-refractivity contribution in [2.75, 3.05) is 19.6 Å². The van der Waals surface area contributed by atoms with Crippen molar-refractivity contribution in [1.29, 1.82) is 0 Å². The average molecular weight is 342 g/mol. The third-order valence-corrected chi connectivity index (χ3v) is 4.40. The molecule has 1 aliphatic heterocycles. The van der Waals surface area contributed by atoms with Crippen LogP contribution in [0.5, 0.6) is 11.5 Å². The van der Waals surface area contributed by atoms with E-state index < -0.39 is 0 Å². The molecule has 1 amide bonds. The van der Waals surface area contributed by atoms with E-state index in [4.69, 9.17) is 4.74 Å². The van der Waals surface area contributed by atoms with Crippen molar-refractivity contribution in [2.24, 2.45) is 5.92 Å². The number of hydrogen-bond donors (Lipinski definition) is 2. The number of nitrogens with one attached hydrogen (secondary N) is 2. The molecule has 2 N–H and O–H groups in total. The number of carbonyl (C=O) groups excluding carboxylic acids is 1. The van der Waals surface area contributed by atoms with Gasteiger partial charge in [-0.15, -0.1) is 0 Å². The molecule has 2 aromatic rings. The highest BCUT2D eigenvalue weighted by Crippen LogP contribution is 2.22. The van der Waals surface area contributed by atoms with E-state index in [0.29, 0.717) is 18.0 Å². The standard InChI is InChI=1S/C20H23FN2O2/c21-17-3-7-19(8-4-17)25-18-5-1-15(2-6-18)9-14-23-20(24)16-10-12-22-13-11-16/h1-8,16,22H,9-14H2,(H,23,24). The fourth-order valence-corrected chi connectivity index (χ4v) is 2.92. The Labute approximate surface area is 147 Å². The third-order valence-electron chi connectivity index (χ3n) is 4.40. The lowest BCUT2D eigenvalue weighted by Crippen LogP contribution is -2.38. The molecule has 1 fully saturated rings. The molecule has 25 heavy (non-hydrogen) atoms. The van der Waals surface area contributed by atoms with Gasteiger partial charge >= 0.3 is 0 Å². The van der Waals surface area contributed by atoms with Crippen LogP contribution in [-0.2, 0) is 11.2 Å². The van der Waals surface area contributed by atoms with E-state index in [1.807, 2.05) is 24.3 Å². The minimum Gasteiger partial charge on any atom is -0.457 e. The first kappa shape index (κ1) is 17.4. The Hall–Kier alpha value is -2.40. The second-order valence-corrected chi connectivity index (χ2v) is 6.27. The highest BCUT2D eigenvalue weighted by molar-refractivity contribution is 5.78. The predicted octanol–water partition coefficient (Wildman–Crippen LogP) is 3.28. The maximum absolute atomic E-state index is 12.9. The molecular weight excluding hydrogens is 319 g/mol. The smallest absolute Gasteiger partial charge is 0.223 e. The summed E-state index contributed by atoms with van der Waals surface area (Å²) in [7, 11) is 0. The molecule has 0 aromatic heterocycles. The number of piperidine rings is 1. The van der Waals surface area contributed by atoms with Gasteiger partial charge < -0.3 is 15.4 Å². The van der Waals surface area contributed by atoms with Crippen LogP contribution in [0.2, 0.25) is 0 Å². The Kier molecular flexibility index (Phi) is 6.01. The molecule has 1 heterocycles. The molecule has 0 aliphatic carbocycles. The largest absolute Gasteiger partial charge is 0.457 e. The summed E-state index contributed by atoms with van der Waals surface area (Å²) >= 11 is 0. The van der Waals surface area contributed by atoms with Crippen molar-refractivity contribution in [3.8, 4) is 11.5 Å². The van der Waals surface area contributed by atoms with Crippen molar-refractivity contribution in [1.82, 2.24) is 10.6 Å². The van der Waals surface area contributed by atoms with E-state index in [-0.39, 0.29) is 17.6 Å². The van der Waals surface area contributed by atoms with E-state index >= 15 is 0 Å². The molecule has 5 heteroatoms. The Bertz CT molecular complexity index is 680. The second kappa shape index (κ2) is 8.62. The monoisotopic (exact) mass is 342 g/mol. The van der Waals surface area contributed by atoms with Gasteiger partial charge in [-0.05, 0) is 74.3 Å². The molecule has 0 radical (unpaired) electrons. The highest BCUT2D eigenvalue weighted by Gasteiger charge is 2.20. The fraction of sp³-hybridized carbons (Fsp3) is 0.350. The van der Waals surface area contributed by atoms with Gasteiger partial charge in [-0.25, -0.2) is 4.39 Å². The normalized spacial score (nSPS) is 14.9. The lowest BCUT2D eigenvalue weighted by molar-refractivity contribution is -0.125. The number of ether oxygens (including phenoxy) is 1. The molecule has 0 saturated carbocycles. The van der Waals surface area contributed by atoms with Crippen molar-refractivity contribution in [3.63, 3.8) is 0 Å². The molecule has 1 saturated heterocycles. The molecule has 4 nitrogen and oxygen atoms in total. The van der Waals surface area contributed by atoms with Gasteiger partial charge in [0.25, 0.3) is 0 Å². The molecule has 1 aliphatic rings. The maximum Gasteiger partial charge on any atom is 0.223 e. The van der Waals surface area contributed by atoms with Crippen molar-refractivity contribution in [2.45, 2.75) is 19.3 Å². The van der Waals surface area contributed by atoms with Gasteiger partial charge in [0.2, 0.25) is 5.91 Å². The molecule has 0 unspecified atom stereocenters. The van der Waals surface area contributed by atoms with Crippen LogP contribution in [0.4, 0.5) is 4.39 Å². The summed E-state index contributed by atoms with van der Waals surface area (Å²) in [6, 6.07) is 13.7. The van der Waals surface area contributed by atoms with Crippen LogP contribution in [0.1, 0.15) is 18.4 Å². The maximum atomic E-state index is 12.9. The molecular formula is C20H23FN2O2. The first-order chi connectivity index (χ1) is 12.2. The topological polar surface area (TPSA) is 50.4 Å². The predicted molar refractivity (Wildman–Crippen MR) is 95.2 cm³/mol. The van der Waals surface area contributed by atoms with Gasteiger partial charge in [0, 0.05) is 12.5 Å². The van der Waals surface area contributed by atoms with Crippen LogP contribution in [0.25, 0.3) is 0 Å². The van der Waals surface area contributed by atoms with E-state index in [0.717, 1.165) is 37.9 Å². The van der Waals surface area contributed by atoms with E-state index in [1.165, 1.54) is 12.1 Å². The zero-order valence-corrected chi connectivity index (χ0v) is 14.1. The first-order valence-corrected chi connectivity index (χ1v) is 8.71. The zero-order chi connectivity index (χ0) is 17.5. The first-order valence-electron chi connectivity index (χ1n) is 8.71. The minimum atomic E-state index is -0.283. The summed E-state index contributed by atoms with van der Waals surface area (Å²) in [5, 5.41) is 6.29. The summed E-state index contributed by atoms with van der Waals surface area (Å²) in [5.41, 5.74) is 1.14. The van der Waals surface area contributed by atoms with Crippen molar-refractivity contribution < 1.29 is 13.9 Å². The fourth-order valence-electron chi connectivity index (χ4n) is 2.92. The molecule has 3 rings (SSSR count). The average Bonchev–Trinajstić information content (AvgIpc) is 2.66. The summed E-state index contributed by atoms with van der Waals surface area (Å²) in [5.74, 6) is 1.33. The molecule has 0 atom stereocenters. The van der Waals surface area contributed by atoms with Gasteiger partial charge in [0.1, 0.15) is 17.3 Å². The van der Waals surface area contributed by atoms with Crippen LogP contribution >= 0.6 is 0 Å². The Balaban J connectivity index is 1.44. The third kappa shape index (κ3) is 5.29. The van der Waals surface area contributed by atoms with Gasteiger partial charge in [-0.2, -0.15) is 0 Å². The Morgan fingerprint density at radius 2 is 1.64 bits per heavy atom. The van der Waals surface area contributed by atoms with Crippen molar-refractivity contribution in [3.05, 3.63) is 59.9 Å². The summed E-state index contributed by atoms with van der Waals surface area (Å²) in [6.07, 6.45) is 2.62. The number of hydrogen-bond acceptors (Lipinski definition) is 3. The lowest BCUT2D eigenvalue weighted by Gasteiger charge is -2.21. The Morgan fingerprint density at radius 3 is 2.28 bits per heavy atom. The van der Waals surface area contributed by atoms with Gasteiger partial charge in [-0.3, -0.25) is 4.79 Å². The summed E-state index contributed by atoms with van der Waals surface area (Å²) < 4.78 is 18.6. The SMILES string of the molecule is O=C(NCCc1ccc(Oc2ccc(F)cc2)cc1)C1CCNCC1. The highest BCUT2D eigenvalue weighted by atomic mass is 19.1. The van der Waals surface area contributed by atoms with Crippen LogP contribution in [0.15, 0.2) is 48.5 Å². The minimum absolute atomic E-state index is 0.146. The van der Waals surface area contributed by atoms with E-state index in [9.17, 15) is 9.18 Å². The molecule has 0 bridgehead atoms. The summed E-state index contributed by atoms with van der Waals surface area (Å²) in [4.78, 5) is 12.1. The second-order valence-electron chi connectivity index (χ2n) is 6.27. The van der Waals surface area contributed by atoms with E-state index in [2.05, 4.69) is 10.6 Å². The van der Waals surface area contributed by atoms with Crippen LogP contribution < -0.4 is 15.4 Å². The van der Waals surface area contributed by atoms with Crippen molar-refractivity contribution >= 4 is 5.91 Å². The quantitative estimate of drug-likeness (QED) is 0.847. The van der Waals surface area contributed by atoms with Gasteiger partial charge in [0.05, 0.1) is 0 Å². The number of carbonyl (C=O) groups is 1. The number of halogens is 1. The molecule has 0 spiro atoms. The number of amides is 1. The van der Waals surface area contributed by atoms with E-state index in [1.54, 1.807) is 12.1 Å². The number of benzene rings is 2. The van der Waals surface area contributed by atoms with Crippen LogP contribution in [0, 0.1) is 11.7 Å². The summed E-state index contributed by atoms with van der Waals surface area (Å²) in [6.45, 7) is 2.49. The lowest BCUT2D eigenvalue weighted by atomic mass is 9.97. The Morgan fingerprint density at radius 1 is 1.04 bits per heavy atom.